The maximum atomic E-state index is 12.3. The third kappa shape index (κ3) is 3.01. The van der Waals surface area contributed by atoms with Gasteiger partial charge in [-0.15, -0.1) is 0 Å². The van der Waals surface area contributed by atoms with Crippen LogP contribution in [0.15, 0.2) is 0 Å². The molecule has 110 valence electrons. The molecule has 1 saturated heterocycles. The van der Waals surface area contributed by atoms with Gasteiger partial charge in [-0.3, -0.25) is 0 Å². The van der Waals surface area contributed by atoms with Crippen molar-refractivity contribution in [3.8, 4) is 0 Å². The molecule has 5 heteroatoms. The Morgan fingerprint density at radius 3 is 2.42 bits per heavy atom. The Balaban J connectivity index is 2.84. The molecule has 0 aromatic carbocycles. The number of rotatable bonds is 3. The molecule has 19 heavy (non-hydrogen) atoms. The van der Waals surface area contributed by atoms with Gasteiger partial charge in [0.15, 0.2) is 0 Å². The lowest BCUT2D eigenvalue weighted by Gasteiger charge is -2.36. The summed E-state index contributed by atoms with van der Waals surface area (Å²) in [4.78, 5) is 25.4. The first-order chi connectivity index (χ1) is 8.65. The number of hydrogen-bond donors (Lipinski definition) is 2. The summed E-state index contributed by atoms with van der Waals surface area (Å²) in [7, 11) is 0. The van der Waals surface area contributed by atoms with Crippen molar-refractivity contribution < 1.29 is 14.7 Å². The molecule has 1 heterocycles. The molecule has 1 aliphatic rings. The Kier molecular flexibility index (Phi) is 4.48. The predicted octanol–water partition coefficient (Wildman–Crippen LogP) is 2.46. The lowest BCUT2D eigenvalue weighted by molar-refractivity contribution is -0.148. The van der Waals surface area contributed by atoms with Gasteiger partial charge in [-0.2, -0.15) is 0 Å². The summed E-state index contributed by atoms with van der Waals surface area (Å²) in [5.74, 6) is -0.897. The normalized spacial score (nSPS) is 25.2. The van der Waals surface area contributed by atoms with Gasteiger partial charge < -0.3 is 15.3 Å². The monoisotopic (exact) mass is 270 g/mol. The lowest BCUT2D eigenvalue weighted by Crippen LogP contribution is -2.58. The third-order valence-electron chi connectivity index (χ3n) is 4.36. The largest absolute Gasteiger partial charge is 0.479 e. The Morgan fingerprint density at radius 1 is 1.42 bits per heavy atom. The lowest BCUT2D eigenvalue weighted by atomic mass is 9.88. The molecule has 2 atom stereocenters. The molecule has 0 aromatic rings. The van der Waals surface area contributed by atoms with Crippen LogP contribution in [0.2, 0.25) is 0 Å². The second kappa shape index (κ2) is 5.39. The number of likely N-dealkylation sites (tertiary alicyclic amines) is 1. The Bertz CT molecular complexity index is 362. The zero-order valence-corrected chi connectivity index (χ0v) is 12.6. The number of carboxylic acids is 1. The zero-order chi connectivity index (χ0) is 14.8. The van der Waals surface area contributed by atoms with E-state index in [4.69, 9.17) is 0 Å². The number of carboxylic acid groups (broad SMARTS) is 1. The third-order valence-corrected chi connectivity index (χ3v) is 4.36. The van der Waals surface area contributed by atoms with Crippen molar-refractivity contribution in [2.45, 2.75) is 65.5 Å². The van der Waals surface area contributed by atoms with Crippen molar-refractivity contribution in [2.24, 2.45) is 5.41 Å². The van der Waals surface area contributed by atoms with Crippen LogP contribution in [0.5, 0.6) is 0 Å². The van der Waals surface area contributed by atoms with Gasteiger partial charge in [-0.05, 0) is 31.6 Å². The Morgan fingerprint density at radius 2 is 2.00 bits per heavy atom. The van der Waals surface area contributed by atoms with E-state index in [9.17, 15) is 14.7 Å². The summed E-state index contributed by atoms with van der Waals surface area (Å²) in [6, 6.07) is -0.270. The fourth-order valence-corrected chi connectivity index (χ4v) is 2.40. The summed E-state index contributed by atoms with van der Waals surface area (Å²) >= 11 is 0. The van der Waals surface area contributed by atoms with Gasteiger partial charge >= 0.3 is 12.0 Å². The van der Waals surface area contributed by atoms with Crippen LogP contribution in [-0.2, 0) is 4.79 Å². The molecular formula is C14H26N2O3. The van der Waals surface area contributed by atoms with E-state index in [0.717, 1.165) is 6.42 Å². The number of nitrogens with zero attached hydrogens (tertiary/aromatic N) is 1. The minimum atomic E-state index is -1.03. The quantitative estimate of drug-likeness (QED) is 0.827. The van der Waals surface area contributed by atoms with E-state index in [2.05, 4.69) is 5.32 Å². The van der Waals surface area contributed by atoms with E-state index < -0.39 is 11.5 Å². The van der Waals surface area contributed by atoms with E-state index in [-0.39, 0.29) is 17.5 Å². The predicted molar refractivity (Wildman–Crippen MR) is 74.0 cm³/mol. The fourth-order valence-electron chi connectivity index (χ4n) is 2.40. The molecule has 2 unspecified atom stereocenters. The first-order valence-corrected chi connectivity index (χ1v) is 6.96. The molecule has 0 aliphatic carbocycles. The minimum absolute atomic E-state index is 0.0102. The molecule has 0 bridgehead atoms. The molecule has 5 nitrogen and oxygen atoms in total. The number of hydrogen-bond acceptors (Lipinski definition) is 2. The molecule has 0 spiro atoms. The van der Waals surface area contributed by atoms with Gasteiger partial charge in [0.05, 0.1) is 0 Å². The zero-order valence-electron chi connectivity index (χ0n) is 12.6. The van der Waals surface area contributed by atoms with Crippen LogP contribution in [0.1, 0.15) is 53.9 Å². The average molecular weight is 270 g/mol. The van der Waals surface area contributed by atoms with Crippen LogP contribution >= 0.6 is 0 Å². The van der Waals surface area contributed by atoms with Crippen LogP contribution < -0.4 is 5.32 Å². The van der Waals surface area contributed by atoms with Gasteiger partial charge in [-0.25, -0.2) is 9.59 Å². The SMILES string of the molecule is CCC1(C(=O)O)CCCN1C(=O)NC(C)C(C)(C)C. The van der Waals surface area contributed by atoms with Crippen molar-refractivity contribution in [1.82, 2.24) is 10.2 Å². The summed E-state index contributed by atoms with van der Waals surface area (Å²) in [5.41, 5.74) is -1.07. The highest BCUT2D eigenvalue weighted by Gasteiger charge is 2.48. The second-order valence-electron chi connectivity index (χ2n) is 6.48. The molecular weight excluding hydrogens is 244 g/mol. The summed E-state index contributed by atoms with van der Waals surface area (Å²) in [6.45, 7) is 10.4. The number of aliphatic carboxylic acids is 1. The van der Waals surface area contributed by atoms with E-state index in [0.29, 0.717) is 19.4 Å². The number of amides is 2. The van der Waals surface area contributed by atoms with Crippen molar-refractivity contribution in [1.29, 1.82) is 0 Å². The topological polar surface area (TPSA) is 69.6 Å². The molecule has 1 fully saturated rings. The van der Waals surface area contributed by atoms with Crippen molar-refractivity contribution in [3.63, 3.8) is 0 Å². The van der Waals surface area contributed by atoms with Crippen LogP contribution in [0.25, 0.3) is 0 Å². The van der Waals surface area contributed by atoms with Crippen molar-refractivity contribution in [2.75, 3.05) is 6.54 Å². The Hall–Kier alpha value is -1.26. The first kappa shape index (κ1) is 15.8. The number of urea groups is 1. The van der Waals surface area contributed by atoms with Crippen molar-refractivity contribution >= 4 is 12.0 Å². The molecule has 0 aromatic heterocycles. The van der Waals surface area contributed by atoms with Gasteiger partial charge in [0, 0.05) is 12.6 Å². The maximum absolute atomic E-state index is 12.3. The maximum Gasteiger partial charge on any atom is 0.329 e. The average Bonchev–Trinajstić information content (AvgIpc) is 2.72. The number of carbonyl (C=O) groups excluding carboxylic acids is 1. The summed E-state index contributed by atoms with van der Waals surface area (Å²) in [5, 5.41) is 12.4. The highest BCUT2D eigenvalue weighted by Crippen LogP contribution is 2.33. The van der Waals surface area contributed by atoms with Crippen molar-refractivity contribution in [3.05, 3.63) is 0 Å². The van der Waals surface area contributed by atoms with Gasteiger partial charge in [0.2, 0.25) is 0 Å². The molecule has 0 saturated carbocycles. The minimum Gasteiger partial charge on any atom is -0.479 e. The molecule has 0 radical (unpaired) electrons. The highest BCUT2D eigenvalue weighted by atomic mass is 16.4. The van der Waals surface area contributed by atoms with Crippen LogP contribution in [-0.4, -0.2) is 40.1 Å². The second-order valence-corrected chi connectivity index (χ2v) is 6.48. The highest BCUT2D eigenvalue weighted by molar-refractivity contribution is 5.87. The van der Waals surface area contributed by atoms with E-state index >= 15 is 0 Å². The van der Waals surface area contributed by atoms with E-state index in [1.807, 2.05) is 34.6 Å². The molecule has 2 N–H and O–H groups in total. The fraction of sp³-hybridized carbons (Fsp3) is 0.857. The number of carbonyl (C=O) groups is 2. The number of nitrogens with one attached hydrogen (secondary N) is 1. The standard InChI is InChI=1S/C14H26N2O3/c1-6-14(11(17)18)8-7-9-16(14)12(19)15-10(2)13(3,4)5/h10H,6-9H2,1-5H3,(H,15,19)(H,17,18). The Labute approximate surface area is 115 Å². The van der Waals surface area contributed by atoms with Gasteiger partial charge in [-0.1, -0.05) is 27.7 Å². The van der Waals surface area contributed by atoms with Crippen LogP contribution in [0.4, 0.5) is 4.79 Å². The smallest absolute Gasteiger partial charge is 0.329 e. The van der Waals surface area contributed by atoms with E-state index in [1.54, 1.807) is 0 Å². The van der Waals surface area contributed by atoms with Crippen LogP contribution in [0, 0.1) is 5.41 Å². The van der Waals surface area contributed by atoms with Gasteiger partial charge in [0.25, 0.3) is 0 Å². The summed E-state index contributed by atoms with van der Waals surface area (Å²) < 4.78 is 0. The van der Waals surface area contributed by atoms with Gasteiger partial charge in [0.1, 0.15) is 5.54 Å². The molecule has 2 amide bonds. The molecule has 1 aliphatic heterocycles. The van der Waals surface area contributed by atoms with E-state index in [1.165, 1.54) is 4.90 Å². The molecule has 1 rings (SSSR count). The summed E-state index contributed by atoms with van der Waals surface area (Å²) in [6.07, 6.45) is 1.73. The first-order valence-electron chi connectivity index (χ1n) is 6.96. The van der Waals surface area contributed by atoms with Crippen LogP contribution in [0.3, 0.4) is 0 Å².